The third kappa shape index (κ3) is 5.84. The number of benzene rings is 3. The van der Waals surface area contributed by atoms with Gasteiger partial charge in [-0.2, -0.15) is 0 Å². The van der Waals surface area contributed by atoms with Crippen LogP contribution in [0.4, 0.5) is 5.69 Å². The van der Waals surface area contributed by atoms with Crippen molar-refractivity contribution in [2.24, 2.45) is 0 Å². The van der Waals surface area contributed by atoms with Crippen molar-refractivity contribution in [3.8, 4) is 11.5 Å². The fourth-order valence-electron chi connectivity index (χ4n) is 3.38. The lowest BCUT2D eigenvalue weighted by atomic mass is 10.1. The van der Waals surface area contributed by atoms with Crippen molar-refractivity contribution < 1.29 is 22.7 Å². The summed E-state index contributed by atoms with van der Waals surface area (Å²) in [5.74, 6) is 0.655. The number of nitrogens with zero attached hydrogens (tertiary/aromatic N) is 1. The molecule has 0 fully saturated rings. The molecule has 1 amide bonds. The minimum atomic E-state index is -4.02. The minimum Gasteiger partial charge on any atom is -0.495 e. The standard InChI is InChI=1S/C25H28N2O5S/c1-4-32-21-16-14-20(15-17-21)19(2)26-25(28)18-27(23-12-8-9-13-24(23)31-3)33(29,30)22-10-6-5-7-11-22/h5-17,19H,4,18H2,1-3H3,(H,26,28)/t19-/m0/s1. The zero-order chi connectivity index (χ0) is 23.8. The molecule has 0 aliphatic heterocycles. The molecule has 0 saturated carbocycles. The minimum absolute atomic E-state index is 0.0864. The van der Waals surface area contributed by atoms with E-state index in [4.69, 9.17) is 9.47 Å². The molecular formula is C25H28N2O5S. The molecule has 3 rings (SSSR count). The van der Waals surface area contributed by atoms with Crippen molar-refractivity contribution in [1.29, 1.82) is 0 Å². The van der Waals surface area contributed by atoms with Crippen LogP contribution in [-0.2, 0) is 14.8 Å². The number of methoxy groups -OCH3 is 1. The van der Waals surface area contributed by atoms with Gasteiger partial charge >= 0.3 is 0 Å². The maximum absolute atomic E-state index is 13.5. The second-order valence-corrected chi connectivity index (χ2v) is 9.15. The van der Waals surface area contributed by atoms with Crippen molar-refractivity contribution in [3.63, 3.8) is 0 Å². The Hall–Kier alpha value is -3.52. The lowest BCUT2D eigenvalue weighted by molar-refractivity contribution is -0.120. The number of ether oxygens (including phenoxy) is 2. The maximum atomic E-state index is 13.5. The number of sulfonamides is 1. The summed E-state index contributed by atoms with van der Waals surface area (Å²) < 4.78 is 38.8. The Bertz CT molecular complexity index is 1160. The first-order valence-corrected chi connectivity index (χ1v) is 12.0. The van der Waals surface area contributed by atoms with Gasteiger partial charge in [-0.1, -0.05) is 42.5 Å². The largest absolute Gasteiger partial charge is 0.495 e. The molecule has 0 heterocycles. The van der Waals surface area contributed by atoms with Crippen LogP contribution in [-0.4, -0.2) is 34.6 Å². The number of hydrogen-bond donors (Lipinski definition) is 1. The Balaban J connectivity index is 1.86. The van der Waals surface area contributed by atoms with E-state index in [1.165, 1.54) is 19.2 Å². The van der Waals surface area contributed by atoms with Crippen LogP contribution in [0.3, 0.4) is 0 Å². The van der Waals surface area contributed by atoms with Gasteiger partial charge in [-0.15, -0.1) is 0 Å². The monoisotopic (exact) mass is 468 g/mol. The topological polar surface area (TPSA) is 84.9 Å². The first-order chi connectivity index (χ1) is 15.9. The van der Waals surface area contributed by atoms with Crippen LogP contribution < -0.4 is 19.1 Å². The molecule has 3 aromatic carbocycles. The normalized spacial score (nSPS) is 12.0. The number of carbonyl (C=O) groups excluding carboxylic acids is 1. The van der Waals surface area contributed by atoms with Gasteiger partial charge in [0.25, 0.3) is 10.0 Å². The highest BCUT2D eigenvalue weighted by Gasteiger charge is 2.29. The third-order valence-corrected chi connectivity index (χ3v) is 6.81. The number of hydrogen-bond acceptors (Lipinski definition) is 5. The van der Waals surface area contributed by atoms with Gasteiger partial charge in [0, 0.05) is 0 Å². The van der Waals surface area contributed by atoms with Crippen LogP contribution in [0.1, 0.15) is 25.5 Å². The van der Waals surface area contributed by atoms with Crippen LogP contribution in [0.25, 0.3) is 0 Å². The number of nitrogens with one attached hydrogen (secondary N) is 1. The summed E-state index contributed by atoms with van der Waals surface area (Å²) in [7, 11) is -2.56. The van der Waals surface area contributed by atoms with Gasteiger partial charge in [-0.25, -0.2) is 8.42 Å². The average Bonchev–Trinajstić information content (AvgIpc) is 2.83. The van der Waals surface area contributed by atoms with Crippen LogP contribution in [0, 0.1) is 0 Å². The first kappa shape index (κ1) is 24.1. The highest BCUT2D eigenvalue weighted by Crippen LogP contribution is 2.32. The highest BCUT2D eigenvalue weighted by atomic mass is 32.2. The predicted molar refractivity (Wildman–Crippen MR) is 128 cm³/mol. The molecule has 0 aliphatic carbocycles. The Kier molecular flexibility index (Phi) is 7.95. The summed E-state index contributed by atoms with van der Waals surface area (Å²) in [6.45, 7) is 3.92. The van der Waals surface area contributed by atoms with Gasteiger partial charge in [-0.05, 0) is 55.8 Å². The van der Waals surface area contributed by atoms with Crippen LogP contribution in [0.15, 0.2) is 83.8 Å². The first-order valence-electron chi connectivity index (χ1n) is 10.6. The van der Waals surface area contributed by atoms with E-state index < -0.39 is 22.5 Å². The molecule has 1 N–H and O–H groups in total. The van der Waals surface area contributed by atoms with E-state index in [1.807, 2.05) is 38.1 Å². The lowest BCUT2D eigenvalue weighted by Gasteiger charge is -2.26. The van der Waals surface area contributed by atoms with Crippen molar-refractivity contribution in [1.82, 2.24) is 5.32 Å². The van der Waals surface area contributed by atoms with E-state index in [-0.39, 0.29) is 16.6 Å². The van der Waals surface area contributed by atoms with E-state index in [1.54, 1.807) is 42.5 Å². The summed E-state index contributed by atoms with van der Waals surface area (Å²) in [5.41, 5.74) is 1.16. The average molecular weight is 469 g/mol. The van der Waals surface area contributed by atoms with Crippen molar-refractivity contribution in [2.75, 3.05) is 24.6 Å². The Morgan fingerprint density at radius 1 is 0.970 bits per heavy atom. The molecule has 8 heteroatoms. The van der Waals surface area contributed by atoms with E-state index in [0.29, 0.717) is 12.4 Å². The number of anilines is 1. The Morgan fingerprint density at radius 3 is 2.24 bits per heavy atom. The van der Waals surface area contributed by atoms with Crippen molar-refractivity contribution in [2.45, 2.75) is 24.8 Å². The quantitative estimate of drug-likeness (QED) is 0.483. The molecule has 0 radical (unpaired) electrons. The highest BCUT2D eigenvalue weighted by molar-refractivity contribution is 7.92. The number of rotatable bonds is 10. The molecule has 0 bridgehead atoms. The number of para-hydroxylation sites is 2. The molecule has 0 unspecified atom stereocenters. The fourth-order valence-corrected chi connectivity index (χ4v) is 4.83. The SMILES string of the molecule is CCOc1ccc([C@H](C)NC(=O)CN(c2ccccc2OC)S(=O)(=O)c2ccccc2)cc1. The fraction of sp³-hybridized carbons (Fsp3) is 0.240. The Morgan fingerprint density at radius 2 is 1.61 bits per heavy atom. The van der Waals surface area contributed by atoms with Gasteiger partial charge in [0.1, 0.15) is 18.0 Å². The summed E-state index contributed by atoms with van der Waals surface area (Å²) in [6.07, 6.45) is 0. The second-order valence-electron chi connectivity index (χ2n) is 7.29. The molecule has 0 aromatic heterocycles. The van der Waals surface area contributed by atoms with Gasteiger partial charge < -0.3 is 14.8 Å². The smallest absolute Gasteiger partial charge is 0.264 e. The molecule has 0 saturated heterocycles. The van der Waals surface area contributed by atoms with Crippen LogP contribution >= 0.6 is 0 Å². The van der Waals surface area contributed by atoms with Crippen LogP contribution in [0.2, 0.25) is 0 Å². The molecule has 33 heavy (non-hydrogen) atoms. The summed E-state index contributed by atoms with van der Waals surface area (Å²) in [6, 6.07) is 21.8. The van der Waals surface area contributed by atoms with Crippen LogP contribution in [0.5, 0.6) is 11.5 Å². The van der Waals surface area contributed by atoms with Gasteiger partial charge in [-0.3, -0.25) is 9.10 Å². The molecular weight excluding hydrogens is 440 g/mol. The van der Waals surface area contributed by atoms with Crippen molar-refractivity contribution >= 4 is 21.6 Å². The van der Waals surface area contributed by atoms with Gasteiger partial charge in [0.2, 0.25) is 5.91 Å². The summed E-state index contributed by atoms with van der Waals surface area (Å²) in [5, 5.41) is 2.88. The van der Waals surface area contributed by atoms with Crippen molar-refractivity contribution in [3.05, 3.63) is 84.4 Å². The van der Waals surface area contributed by atoms with E-state index in [0.717, 1.165) is 15.6 Å². The molecule has 0 aliphatic rings. The number of amides is 1. The summed E-state index contributed by atoms with van der Waals surface area (Å²) >= 11 is 0. The molecule has 7 nitrogen and oxygen atoms in total. The molecule has 0 spiro atoms. The van der Waals surface area contributed by atoms with E-state index in [2.05, 4.69) is 5.32 Å². The zero-order valence-corrected chi connectivity index (χ0v) is 19.7. The molecule has 1 atom stereocenters. The van der Waals surface area contributed by atoms with E-state index in [9.17, 15) is 13.2 Å². The molecule has 3 aromatic rings. The van der Waals surface area contributed by atoms with Gasteiger partial charge in [0.15, 0.2) is 0 Å². The maximum Gasteiger partial charge on any atom is 0.264 e. The third-order valence-electron chi connectivity index (χ3n) is 5.04. The lowest BCUT2D eigenvalue weighted by Crippen LogP contribution is -2.41. The predicted octanol–water partition coefficient (Wildman–Crippen LogP) is 4.17. The second kappa shape index (κ2) is 10.9. The van der Waals surface area contributed by atoms with E-state index >= 15 is 0 Å². The zero-order valence-electron chi connectivity index (χ0n) is 18.9. The summed E-state index contributed by atoms with van der Waals surface area (Å²) in [4.78, 5) is 13.1. The van der Waals surface area contributed by atoms with Gasteiger partial charge in [0.05, 0.1) is 30.3 Å². The molecule has 174 valence electrons. The Labute approximate surface area is 195 Å². The number of carbonyl (C=O) groups is 1.